The highest BCUT2D eigenvalue weighted by molar-refractivity contribution is 5.98. The van der Waals surface area contributed by atoms with Crippen molar-refractivity contribution in [2.24, 2.45) is 0 Å². The fourth-order valence-corrected chi connectivity index (χ4v) is 2.44. The molecule has 2 N–H and O–H groups in total. The fraction of sp³-hybridized carbons (Fsp3) is 0.200. The van der Waals surface area contributed by atoms with Crippen molar-refractivity contribution in [2.45, 2.75) is 20.0 Å². The van der Waals surface area contributed by atoms with Gasteiger partial charge in [-0.2, -0.15) is 4.98 Å². The minimum absolute atomic E-state index is 0.172. The number of nitrogens with zero attached hydrogens (tertiary/aromatic N) is 3. The van der Waals surface area contributed by atoms with E-state index >= 15 is 0 Å². The van der Waals surface area contributed by atoms with Gasteiger partial charge in [0.15, 0.2) is 6.10 Å². The van der Waals surface area contributed by atoms with E-state index in [0.29, 0.717) is 28.7 Å². The predicted octanol–water partition coefficient (Wildman–Crippen LogP) is 2.39. The summed E-state index contributed by atoms with van der Waals surface area (Å²) in [5.41, 5.74) is 2.49. The standard InChI is InChI=1S/C15H13N5O3/c1-7-12-13(16-6-17-15(12)23-20-7)18-9-3-4-11-10(5-9)19-14(21)8(2)22-11/h3-6,8H,1-2H3,(H,19,21)(H,16,17,18)/t8-/m0/s1. The number of amides is 1. The molecule has 3 heterocycles. The lowest BCUT2D eigenvalue weighted by Crippen LogP contribution is -2.34. The van der Waals surface area contributed by atoms with Gasteiger partial charge in [0.1, 0.15) is 23.3 Å². The number of hydrogen-bond acceptors (Lipinski definition) is 7. The second-order valence-corrected chi connectivity index (χ2v) is 5.26. The molecule has 0 spiro atoms. The zero-order valence-electron chi connectivity index (χ0n) is 12.5. The molecule has 8 heteroatoms. The first-order valence-electron chi connectivity index (χ1n) is 7.07. The zero-order chi connectivity index (χ0) is 16.0. The Morgan fingerprint density at radius 3 is 3.04 bits per heavy atom. The van der Waals surface area contributed by atoms with E-state index in [1.165, 1.54) is 6.33 Å². The molecule has 3 aromatic rings. The van der Waals surface area contributed by atoms with E-state index < -0.39 is 6.10 Å². The summed E-state index contributed by atoms with van der Waals surface area (Å²) in [4.78, 5) is 20.0. The van der Waals surface area contributed by atoms with Gasteiger partial charge in [0.2, 0.25) is 0 Å². The van der Waals surface area contributed by atoms with Crippen LogP contribution in [0.25, 0.3) is 11.1 Å². The number of aromatic nitrogens is 3. The Balaban J connectivity index is 1.71. The second-order valence-electron chi connectivity index (χ2n) is 5.26. The van der Waals surface area contributed by atoms with Crippen LogP contribution in [-0.2, 0) is 4.79 Å². The number of ether oxygens (including phenoxy) is 1. The first-order valence-corrected chi connectivity index (χ1v) is 7.07. The van der Waals surface area contributed by atoms with Crippen LogP contribution < -0.4 is 15.4 Å². The summed E-state index contributed by atoms with van der Waals surface area (Å²) >= 11 is 0. The molecule has 1 aromatic carbocycles. The molecule has 0 saturated heterocycles. The number of nitrogens with one attached hydrogen (secondary N) is 2. The third-order valence-electron chi connectivity index (χ3n) is 3.62. The number of aryl methyl sites for hydroxylation is 1. The maximum atomic E-state index is 11.7. The Labute approximate surface area is 130 Å². The molecule has 4 rings (SSSR count). The van der Waals surface area contributed by atoms with Crippen LogP contribution >= 0.6 is 0 Å². The Bertz CT molecular complexity index is 921. The van der Waals surface area contributed by atoms with Gasteiger partial charge in [0.25, 0.3) is 11.6 Å². The molecule has 1 aliphatic rings. The third kappa shape index (κ3) is 2.24. The minimum atomic E-state index is -0.498. The number of benzene rings is 1. The van der Waals surface area contributed by atoms with Crippen molar-refractivity contribution in [3.63, 3.8) is 0 Å². The third-order valence-corrected chi connectivity index (χ3v) is 3.62. The Hall–Kier alpha value is -3.16. The van der Waals surface area contributed by atoms with Crippen LogP contribution in [0.15, 0.2) is 29.0 Å². The van der Waals surface area contributed by atoms with Gasteiger partial charge in [0, 0.05) is 5.69 Å². The van der Waals surface area contributed by atoms with Crippen molar-refractivity contribution in [1.29, 1.82) is 0 Å². The molecule has 0 saturated carbocycles. The number of fused-ring (bicyclic) bond motifs is 2. The zero-order valence-corrected chi connectivity index (χ0v) is 12.5. The molecule has 1 atom stereocenters. The number of carbonyl (C=O) groups is 1. The highest BCUT2D eigenvalue weighted by Gasteiger charge is 2.23. The summed E-state index contributed by atoms with van der Waals surface area (Å²) in [6, 6.07) is 5.43. The smallest absolute Gasteiger partial charge is 0.265 e. The molecule has 2 aromatic heterocycles. The van der Waals surface area contributed by atoms with Crippen LogP contribution in [0.1, 0.15) is 12.6 Å². The van der Waals surface area contributed by atoms with Gasteiger partial charge in [-0.15, -0.1) is 0 Å². The van der Waals surface area contributed by atoms with E-state index in [-0.39, 0.29) is 5.91 Å². The van der Waals surface area contributed by atoms with Crippen molar-refractivity contribution in [3.8, 4) is 5.75 Å². The average Bonchev–Trinajstić information content (AvgIpc) is 2.91. The average molecular weight is 311 g/mol. The Kier molecular flexibility index (Phi) is 2.90. The number of rotatable bonds is 2. The van der Waals surface area contributed by atoms with Gasteiger partial charge >= 0.3 is 0 Å². The highest BCUT2D eigenvalue weighted by Crippen LogP contribution is 2.34. The molecular weight excluding hydrogens is 298 g/mol. The van der Waals surface area contributed by atoms with Gasteiger partial charge in [-0.1, -0.05) is 5.16 Å². The van der Waals surface area contributed by atoms with Crippen LogP contribution in [0.2, 0.25) is 0 Å². The quantitative estimate of drug-likeness (QED) is 0.749. The van der Waals surface area contributed by atoms with Crippen molar-refractivity contribution in [3.05, 3.63) is 30.2 Å². The molecular formula is C15H13N5O3. The first-order chi connectivity index (χ1) is 11.1. The van der Waals surface area contributed by atoms with Gasteiger partial charge in [-0.25, -0.2) is 4.98 Å². The summed E-state index contributed by atoms with van der Waals surface area (Å²) in [6.45, 7) is 3.53. The van der Waals surface area contributed by atoms with Gasteiger partial charge in [0.05, 0.1) is 11.4 Å². The van der Waals surface area contributed by atoms with Gasteiger partial charge < -0.3 is 19.9 Å². The molecule has 116 valence electrons. The summed E-state index contributed by atoms with van der Waals surface area (Å²) in [6.07, 6.45) is 0.905. The van der Waals surface area contributed by atoms with E-state index in [4.69, 9.17) is 9.26 Å². The Morgan fingerprint density at radius 1 is 1.30 bits per heavy atom. The molecule has 1 aliphatic heterocycles. The van der Waals surface area contributed by atoms with Crippen LogP contribution in [0.3, 0.4) is 0 Å². The van der Waals surface area contributed by atoms with E-state index in [0.717, 1.165) is 11.1 Å². The van der Waals surface area contributed by atoms with Crippen molar-refractivity contribution < 1.29 is 14.1 Å². The predicted molar refractivity (Wildman–Crippen MR) is 82.8 cm³/mol. The SMILES string of the molecule is Cc1noc2ncnc(Nc3ccc4c(c3)NC(=O)[C@H](C)O4)c12. The summed E-state index contributed by atoms with van der Waals surface area (Å²) in [7, 11) is 0. The van der Waals surface area contributed by atoms with Crippen molar-refractivity contribution in [1.82, 2.24) is 15.1 Å². The van der Waals surface area contributed by atoms with E-state index in [1.54, 1.807) is 19.1 Å². The van der Waals surface area contributed by atoms with Crippen LogP contribution in [-0.4, -0.2) is 27.1 Å². The summed E-state index contributed by atoms with van der Waals surface area (Å²) in [5, 5.41) is 10.6. The van der Waals surface area contributed by atoms with Crippen LogP contribution in [0.4, 0.5) is 17.2 Å². The normalized spacial score (nSPS) is 16.6. The molecule has 23 heavy (non-hydrogen) atoms. The molecule has 0 unspecified atom stereocenters. The maximum Gasteiger partial charge on any atom is 0.265 e. The molecule has 1 amide bonds. The number of carbonyl (C=O) groups excluding carboxylic acids is 1. The second kappa shape index (κ2) is 4.94. The Morgan fingerprint density at radius 2 is 2.17 bits per heavy atom. The van der Waals surface area contributed by atoms with Crippen LogP contribution in [0.5, 0.6) is 5.75 Å². The molecule has 8 nitrogen and oxygen atoms in total. The maximum absolute atomic E-state index is 11.7. The molecule has 0 bridgehead atoms. The molecule has 0 aliphatic carbocycles. The lowest BCUT2D eigenvalue weighted by molar-refractivity contribution is -0.122. The van der Waals surface area contributed by atoms with Crippen molar-refractivity contribution in [2.75, 3.05) is 10.6 Å². The van der Waals surface area contributed by atoms with E-state index in [9.17, 15) is 4.79 Å². The van der Waals surface area contributed by atoms with Gasteiger partial charge in [-0.05, 0) is 32.0 Å². The minimum Gasteiger partial charge on any atom is -0.479 e. The number of hydrogen-bond donors (Lipinski definition) is 2. The monoisotopic (exact) mass is 311 g/mol. The van der Waals surface area contributed by atoms with E-state index in [1.807, 2.05) is 13.0 Å². The molecule has 0 radical (unpaired) electrons. The van der Waals surface area contributed by atoms with Gasteiger partial charge in [-0.3, -0.25) is 4.79 Å². The fourth-order valence-electron chi connectivity index (χ4n) is 2.44. The van der Waals surface area contributed by atoms with Crippen molar-refractivity contribution >= 4 is 34.2 Å². The first kappa shape index (κ1) is 13.5. The lowest BCUT2D eigenvalue weighted by atomic mass is 10.2. The lowest BCUT2D eigenvalue weighted by Gasteiger charge is -2.23. The highest BCUT2D eigenvalue weighted by atomic mass is 16.5. The summed E-state index contributed by atoms with van der Waals surface area (Å²) in [5.74, 6) is 1.05. The molecule has 0 fully saturated rings. The van der Waals surface area contributed by atoms with Crippen LogP contribution in [0, 0.1) is 6.92 Å². The number of anilines is 3. The largest absolute Gasteiger partial charge is 0.479 e. The topological polar surface area (TPSA) is 102 Å². The van der Waals surface area contributed by atoms with E-state index in [2.05, 4.69) is 25.8 Å². The summed E-state index contributed by atoms with van der Waals surface area (Å²) < 4.78 is 10.7.